The minimum absolute atomic E-state index is 0.0150. The van der Waals surface area contributed by atoms with Crippen LogP contribution in [0.15, 0.2) is 58.9 Å². The Morgan fingerprint density at radius 3 is 2.66 bits per heavy atom. The fraction of sp³-hybridized carbons (Fsp3) is 0.333. The van der Waals surface area contributed by atoms with Crippen LogP contribution < -0.4 is 11.2 Å². The number of oxime groups is 1. The maximum atomic E-state index is 12.5. The van der Waals surface area contributed by atoms with Gasteiger partial charge in [0.15, 0.2) is 12.3 Å². The number of aromatic nitrogens is 1. The Morgan fingerprint density at radius 1 is 1.25 bits per heavy atom. The molecule has 0 bridgehead atoms. The number of carbonyl (C=O) groups excluding carboxylic acids is 1. The molecule has 0 spiro atoms. The summed E-state index contributed by atoms with van der Waals surface area (Å²) in [6.07, 6.45) is 0.742. The minimum Gasteiger partial charge on any atom is -0.389 e. The molecule has 2 aromatic rings. The molecule has 1 saturated heterocycles. The number of nitrogens with two attached hydrogens (primary N) is 1. The number of benzene rings is 1. The van der Waals surface area contributed by atoms with Gasteiger partial charge in [0.2, 0.25) is 5.79 Å². The number of carbonyl (C=O) groups is 1. The minimum atomic E-state index is -1.35. The lowest BCUT2D eigenvalue weighted by molar-refractivity contribution is -0.449. The van der Waals surface area contributed by atoms with Gasteiger partial charge in [0.1, 0.15) is 5.82 Å². The van der Waals surface area contributed by atoms with Crippen molar-refractivity contribution in [1.82, 2.24) is 4.98 Å². The van der Waals surface area contributed by atoms with Gasteiger partial charge in [-0.1, -0.05) is 41.6 Å². The largest absolute Gasteiger partial charge is 0.389 e. The van der Waals surface area contributed by atoms with Gasteiger partial charge in [0, 0.05) is 10.8 Å². The van der Waals surface area contributed by atoms with Crippen LogP contribution in [0, 0.1) is 5.41 Å². The molecule has 168 valence electrons. The fourth-order valence-corrected chi connectivity index (χ4v) is 2.83. The molecule has 0 radical (unpaired) electrons. The predicted molar refractivity (Wildman–Crippen MR) is 116 cm³/mol. The van der Waals surface area contributed by atoms with Gasteiger partial charge in [0.05, 0.1) is 26.0 Å². The van der Waals surface area contributed by atoms with Crippen molar-refractivity contribution in [3.8, 4) is 0 Å². The Labute approximate surface area is 185 Å². The van der Waals surface area contributed by atoms with Gasteiger partial charge in [-0.15, -0.1) is 4.70 Å². The van der Waals surface area contributed by atoms with E-state index in [-0.39, 0.29) is 18.2 Å². The molecule has 3 rings (SSSR count). The first-order valence-corrected chi connectivity index (χ1v) is 9.97. The second kappa shape index (κ2) is 10.6. The molecule has 4 N–H and O–H groups in total. The Bertz CT molecular complexity index is 1020. The van der Waals surface area contributed by atoms with Crippen LogP contribution >= 0.6 is 0 Å². The molecule has 1 fully saturated rings. The summed E-state index contributed by atoms with van der Waals surface area (Å²) in [5.41, 5.74) is 1.45. The number of amides is 1. The van der Waals surface area contributed by atoms with Gasteiger partial charge >= 0.3 is 5.84 Å². The van der Waals surface area contributed by atoms with E-state index >= 15 is 0 Å². The second-order valence-corrected chi connectivity index (χ2v) is 7.03. The number of nitrogens with zero attached hydrogens (tertiary/aromatic N) is 4. The third-order valence-corrected chi connectivity index (χ3v) is 4.64. The molecule has 32 heavy (non-hydrogen) atoms. The number of amidine groups is 1. The van der Waals surface area contributed by atoms with E-state index in [1.54, 1.807) is 37.3 Å². The fourth-order valence-electron chi connectivity index (χ4n) is 2.83. The molecule has 1 aliphatic rings. The Hall–Kier alpha value is -3.70. The van der Waals surface area contributed by atoms with Gasteiger partial charge in [-0.05, 0) is 25.5 Å². The summed E-state index contributed by atoms with van der Waals surface area (Å²) in [6, 6.07) is 14.2. The molecule has 0 aliphatic carbocycles. The lowest BCUT2D eigenvalue weighted by atomic mass is 10.1. The summed E-state index contributed by atoms with van der Waals surface area (Å²) in [7, 11) is 1.54. The van der Waals surface area contributed by atoms with E-state index in [1.807, 2.05) is 18.2 Å². The number of likely N-dealkylation sites (N-methyl/N-ethyl adjacent to an activating group) is 1. The van der Waals surface area contributed by atoms with Crippen molar-refractivity contribution < 1.29 is 23.8 Å². The quantitative estimate of drug-likeness (QED) is 0.150. The van der Waals surface area contributed by atoms with Crippen LogP contribution in [0.1, 0.15) is 24.6 Å². The average molecular weight is 440 g/mol. The van der Waals surface area contributed by atoms with Crippen LogP contribution in [0.25, 0.3) is 0 Å². The molecule has 1 aromatic carbocycles. The highest BCUT2D eigenvalue weighted by molar-refractivity contribution is 6.43. The topological polar surface area (TPSA) is 147 Å². The molecule has 0 unspecified atom stereocenters. The van der Waals surface area contributed by atoms with E-state index in [9.17, 15) is 4.79 Å². The molecule has 0 saturated carbocycles. The van der Waals surface area contributed by atoms with Gasteiger partial charge in [-0.3, -0.25) is 4.79 Å². The van der Waals surface area contributed by atoms with Crippen LogP contribution in [0.3, 0.4) is 0 Å². The maximum Gasteiger partial charge on any atom is 0.303 e. The lowest BCUT2D eigenvalue weighted by Crippen LogP contribution is -2.48. The summed E-state index contributed by atoms with van der Waals surface area (Å²) in [6.45, 7) is 2.50. The number of hydrogen-bond donors (Lipinski definition) is 3. The summed E-state index contributed by atoms with van der Waals surface area (Å²) in [5.74, 6) is 3.80. The molecule has 1 amide bonds. The lowest BCUT2D eigenvalue weighted by Gasteiger charge is -2.32. The van der Waals surface area contributed by atoms with Crippen molar-refractivity contribution >= 4 is 23.3 Å². The van der Waals surface area contributed by atoms with Crippen LogP contribution in [0.2, 0.25) is 0 Å². The molecule has 1 aliphatic heterocycles. The van der Waals surface area contributed by atoms with Crippen molar-refractivity contribution in [1.29, 1.82) is 5.41 Å². The van der Waals surface area contributed by atoms with E-state index < -0.39 is 11.7 Å². The molecule has 0 atom stereocenters. The predicted octanol–water partition coefficient (Wildman–Crippen LogP) is 2.04. The highest BCUT2D eigenvalue weighted by Crippen LogP contribution is 2.20. The van der Waals surface area contributed by atoms with Gasteiger partial charge in [-0.2, -0.15) is 5.41 Å². The summed E-state index contributed by atoms with van der Waals surface area (Å²) >= 11 is 0. The highest BCUT2D eigenvalue weighted by Gasteiger charge is 2.37. The number of rotatable bonds is 7. The maximum absolute atomic E-state index is 12.5. The van der Waals surface area contributed by atoms with Crippen molar-refractivity contribution in [2.75, 3.05) is 25.6 Å². The van der Waals surface area contributed by atoms with Crippen molar-refractivity contribution in [3.63, 3.8) is 0 Å². The van der Waals surface area contributed by atoms with Crippen LogP contribution in [0.5, 0.6) is 0 Å². The Morgan fingerprint density at radius 2 is 1.97 bits per heavy atom. The van der Waals surface area contributed by atoms with E-state index in [2.05, 4.69) is 20.7 Å². The first kappa shape index (κ1) is 23.0. The zero-order valence-corrected chi connectivity index (χ0v) is 17.9. The number of ether oxygens (including phenoxy) is 2. The number of nitrogens with one attached hydrogen (secondary N) is 2. The molecule has 11 nitrogen and oxygen atoms in total. The molecule has 1 aromatic heterocycles. The van der Waals surface area contributed by atoms with E-state index in [0.29, 0.717) is 30.3 Å². The summed E-state index contributed by atoms with van der Waals surface area (Å²) in [4.78, 5) is 22.4. The third-order valence-electron chi connectivity index (χ3n) is 4.64. The molecular formula is C21H26N7O4+. The van der Waals surface area contributed by atoms with Gasteiger partial charge in [0.25, 0.3) is 5.91 Å². The number of pyridine rings is 1. The Kier molecular flexibility index (Phi) is 7.58. The second-order valence-electron chi connectivity index (χ2n) is 7.03. The van der Waals surface area contributed by atoms with Crippen LogP contribution in [0.4, 0.5) is 5.82 Å². The monoisotopic (exact) mass is 440 g/mol. The third kappa shape index (κ3) is 5.71. The van der Waals surface area contributed by atoms with Gasteiger partial charge < -0.3 is 19.6 Å². The number of anilines is 1. The van der Waals surface area contributed by atoms with Crippen LogP contribution in [-0.4, -0.2) is 53.2 Å². The normalized spacial score (nSPS) is 16.3. The average Bonchev–Trinajstić information content (AvgIpc) is 2.82. The zero-order chi connectivity index (χ0) is 23.0. The smallest absolute Gasteiger partial charge is 0.303 e. The molecule has 2 heterocycles. The highest BCUT2D eigenvalue weighted by atomic mass is 16.7. The van der Waals surface area contributed by atoms with Crippen molar-refractivity contribution in [3.05, 3.63) is 59.8 Å². The summed E-state index contributed by atoms with van der Waals surface area (Å²) < 4.78 is 12.1. The molecule has 11 heteroatoms. The molecular weight excluding hydrogens is 414 g/mol. The first-order chi connectivity index (χ1) is 15.4. The number of hydrogen-bond acceptors (Lipinski definition) is 8. The van der Waals surface area contributed by atoms with Gasteiger partial charge in [-0.25, -0.2) is 10.8 Å². The van der Waals surface area contributed by atoms with E-state index in [0.717, 1.165) is 6.42 Å². The standard InChI is InChI=1S/C21H25N7O4/c1-21(30-12-7-13-31-21)20(29)25-17-11-6-10-16(24-17)14-32-26-18(19(22)28(2)27-23)15-8-4-3-5-9-15/h3-6,8-11,22-23H,7,12-14H2,1-2H3,(H,24,25,29)/p+1/b22-19?,26-18-. The van der Waals surface area contributed by atoms with E-state index in [1.165, 1.54) is 11.7 Å². The van der Waals surface area contributed by atoms with Crippen LogP contribution in [-0.2, 0) is 25.7 Å². The van der Waals surface area contributed by atoms with E-state index in [4.69, 9.17) is 25.6 Å². The summed E-state index contributed by atoms with van der Waals surface area (Å²) in [5, 5.41) is 18.5. The van der Waals surface area contributed by atoms with Crippen molar-refractivity contribution in [2.45, 2.75) is 25.7 Å². The SMILES string of the molecule is C[N+](=NN)C(=N)/C(=N\OCc1cccc(NC(=O)C2(C)OCCCO2)n1)c1ccccc1. The van der Waals surface area contributed by atoms with Crippen molar-refractivity contribution in [2.24, 2.45) is 16.2 Å². The first-order valence-electron chi connectivity index (χ1n) is 9.97. The Balaban J connectivity index is 1.69. The zero-order valence-electron chi connectivity index (χ0n) is 17.9.